The summed E-state index contributed by atoms with van der Waals surface area (Å²) in [5.41, 5.74) is 3.51. The number of benzene rings is 2. The lowest BCUT2D eigenvalue weighted by atomic mass is 10.1. The van der Waals surface area contributed by atoms with Gasteiger partial charge in [0.25, 0.3) is 5.91 Å². The molecule has 0 aliphatic rings. The van der Waals surface area contributed by atoms with Crippen LogP contribution >= 0.6 is 0 Å². The Morgan fingerprint density at radius 3 is 2.31 bits per heavy atom. The number of carbonyl (C=O) groups is 2. The maximum Gasteiger partial charge on any atom is 0.338 e. The maximum atomic E-state index is 12.0. The Kier molecular flexibility index (Phi) is 6.15. The second-order valence-corrected chi connectivity index (χ2v) is 8.28. The van der Waals surface area contributed by atoms with E-state index in [9.17, 15) is 18.0 Å². The number of rotatable bonds is 6. The number of aryl methyl sites for hydroxylation is 1. The molecule has 0 aliphatic heterocycles. The number of anilines is 1. The van der Waals surface area contributed by atoms with Gasteiger partial charge in [0.05, 0.1) is 11.3 Å². The molecule has 0 aliphatic carbocycles. The molecule has 138 valence electrons. The second kappa shape index (κ2) is 8.14. The molecule has 0 radical (unpaired) electrons. The van der Waals surface area contributed by atoms with Crippen LogP contribution < -0.4 is 5.32 Å². The molecule has 1 N–H and O–H groups in total. The van der Waals surface area contributed by atoms with E-state index in [0.29, 0.717) is 11.3 Å². The van der Waals surface area contributed by atoms with Crippen LogP contribution in [-0.2, 0) is 25.1 Å². The molecular formula is C19H21NO5S. The number of nitrogens with one attached hydrogen (secondary N) is 1. The van der Waals surface area contributed by atoms with Crippen molar-refractivity contribution in [3.63, 3.8) is 0 Å². The topological polar surface area (TPSA) is 89.5 Å². The van der Waals surface area contributed by atoms with Crippen LogP contribution in [0.3, 0.4) is 0 Å². The molecule has 0 heterocycles. The fourth-order valence-corrected chi connectivity index (χ4v) is 3.12. The third kappa shape index (κ3) is 5.70. The molecule has 0 saturated heterocycles. The van der Waals surface area contributed by atoms with Crippen LogP contribution in [0.25, 0.3) is 0 Å². The Bertz CT molecular complexity index is 917. The van der Waals surface area contributed by atoms with E-state index in [2.05, 4.69) is 5.32 Å². The number of ether oxygens (including phenoxy) is 1. The summed E-state index contributed by atoms with van der Waals surface area (Å²) in [6.07, 6.45) is 1.14. The normalized spacial score (nSPS) is 11.0. The van der Waals surface area contributed by atoms with Crippen LogP contribution in [0.15, 0.2) is 42.5 Å². The van der Waals surface area contributed by atoms with Crippen molar-refractivity contribution in [1.29, 1.82) is 0 Å². The zero-order chi connectivity index (χ0) is 19.3. The molecule has 2 rings (SSSR count). The third-order valence-corrected chi connectivity index (χ3v) is 4.69. The number of hydrogen-bond donors (Lipinski definition) is 1. The first-order valence-electron chi connectivity index (χ1n) is 7.95. The zero-order valence-electron chi connectivity index (χ0n) is 14.9. The molecular weight excluding hydrogens is 354 g/mol. The summed E-state index contributed by atoms with van der Waals surface area (Å²) in [6, 6.07) is 11.6. The van der Waals surface area contributed by atoms with Gasteiger partial charge in [-0.2, -0.15) is 0 Å². The van der Waals surface area contributed by atoms with Gasteiger partial charge in [0.2, 0.25) is 0 Å². The number of esters is 1. The molecule has 0 aromatic heterocycles. The lowest BCUT2D eigenvalue weighted by molar-refractivity contribution is -0.119. The summed E-state index contributed by atoms with van der Waals surface area (Å²) in [5.74, 6) is -1.17. The number of amides is 1. The number of sulfone groups is 1. The molecule has 2 aromatic rings. The lowest BCUT2D eigenvalue weighted by Gasteiger charge is -2.10. The van der Waals surface area contributed by atoms with Crippen LogP contribution in [0.4, 0.5) is 5.69 Å². The first kappa shape index (κ1) is 19.7. The Hall–Kier alpha value is -2.67. The molecule has 1 amide bonds. The summed E-state index contributed by atoms with van der Waals surface area (Å²) < 4.78 is 27.5. The van der Waals surface area contributed by atoms with Gasteiger partial charge in [-0.1, -0.05) is 24.3 Å². The van der Waals surface area contributed by atoms with Crippen molar-refractivity contribution >= 4 is 27.4 Å². The van der Waals surface area contributed by atoms with Crippen LogP contribution in [0.2, 0.25) is 0 Å². The highest BCUT2D eigenvalue weighted by Crippen LogP contribution is 2.17. The van der Waals surface area contributed by atoms with Crippen LogP contribution in [0.1, 0.15) is 27.0 Å². The standard InChI is InChI=1S/C19H21NO5S/c1-13-5-4-6-17(14(13)2)20-18(21)11-25-19(22)16-9-7-15(8-10-16)12-26(3,23)24/h4-10H,11-12H2,1-3H3,(H,20,21). The third-order valence-electron chi connectivity index (χ3n) is 3.83. The van der Waals surface area contributed by atoms with Gasteiger partial charge in [0.15, 0.2) is 16.4 Å². The van der Waals surface area contributed by atoms with Crippen molar-refractivity contribution in [1.82, 2.24) is 0 Å². The Morgan fingerprint density at radius 2 is 1.69 bits per heavy atom. The summed E-state index contributed by atoms with van der Waals surface area (Å²) in [7, 11) is -3.14. The SMILES string of the molecule is Cc1cccc(NC(=O)COC(=O)c2ccc(CS(C)(=O)=O)cc2)c1C. The highest BCUT2D eigenvalue weighted by atomic mass is 32.2. The van der Waals surface area contributed by atoms with Crippen molar-refractivity contribution in [3.05, 3.63) is 64.7 Å². The van der Waals surface area contributed by atoms with Gasteiger partial charge in [-0.3, -0.25) is 4.79 Å². The summed E-state index contributed by atoms with van der Waals surface area (Å²) in [6.45, 7) is 3.44. The zero-order valence-corrected chi connectivity index (χ0v) is 15.7. The molecule has 6 nitrogen and oxygen atoms in total. The number of hydrogen-bond acceptors (Lipinski definition) is 5. The molecule has 0 fully saturated rings. The molecule has 0 atom stereocenters. The minimum Gasteiger partial charge on any atom is -0.452 e. The van der Waals surface area contributed by atoms with Crippen molar-refractivity contribution in [2.75, 3.05) is 18.2 Å². The highest BCUT2D eigenvalue weighted by Gasteiger charge is 2.12. The van der Waals surface area contributed by atoms with Crippen LogP contribution in [0.5, 0.6) is 0 Å². The van der Waals surface area contributed by atoms with E-state index in [1.165, 1.54) is 12.1 Å². The summed E-state index contributed by atoms with van der Waals surface area (Å²) in [5, 5.41) is 2.71. The van der Waals surface area contributed by atoms with E-state index in [-0.39, 0.29) is 11.3 Å². The fraction of sp³-hybridized carbons (Fsp3) is 0.263. The predicted octanol–water partition coefficient (Wildman–Crippen LogP) is 2.64. The number of carbonyl (C=O) groups excluding carboxylic acids is 2. The van der Waals surface area contributed by atoms with Gasteiger partial charge in [-0.25, -0.2) is 13.2 Å². The monoisotopic (exact) mass is 375 g/mol. The van der Waals surface area contributed by atoms with Crippen molar-refractivity contribution in [3.8, 4) is 0 Å². The van der Waals surface area contributed by atoms with Crippen molar-refractivity contribution < 1.29 is 22.7 Å². The smallest absolute Gasteiger partial charge is 0.338 e. The van der Waals surface area contributed by atoms with Crippen LogP contribution in [-0.4, -0.2) is 33.2 Å². The average molecular weight is 375 g/mol. The molecule has 0 spiro atoms. The first-order chi connectivity index (χ1) is 12.2. The lowest BCUT2D eigenvalue weighted by Crippen LogP contribution is -2.21. The van der Waals surface area contributed by atoms with Gasteiger partial charge in [0, 0.05) is 11.9 Å². The quantitative estimate of drug-likeness (QED) is 0.784. The van der Waals surface area contributed by atoms with E-state index in [1.54, 1.807) is 18.2 Å². The molecule has 0 saturated carbocycles. The van der Waals surface area contributed by atoms with Gasteiger partial charge in [-0.15, -0.1) is 0 Å². The predicted molar refractivity (Wildman–Crippen MR) is 99.8 cm³/mol. The molecule has 2 aromatic carbocycles. The molecule has 26 heavy (non-hydrogen) atoms. The minimum absolute atomic E-state index is 0.0966. The minimum atomic E-state index is -3.14. The summed E-state index contributed by atoms with van der Waals surface area (Å²) in [4.78, 5) is 24.0. The molecule has 7 heteroatoms. The Balaban J connectivity index is 1.91. The molecule has 0 bridgehead atoms. The summed E-state index contributed by atoms with van der Waals surface area (Å²) >= 11 is 0. The Labute approximate surface area is 153 Å². The Morgan fingerprint density at radius 1 is 1.04 bits per heavy atom. The van der Waals surface area contributed by atoms with Gasteiger partial charge < -0.3 is 10.1 Å². The average Bonchev–Trinajstić information content (AvgIpc) is 2.56. The van der Waals surface area contributed by atoms with Crippen LogP contribution in [0, 0.1) is 13.8 Å². The van der Waals surface area contributed by atoms with Gasteiger partial charge >= 0.3 is 5.97 Å². The van der Waals surface area contributed by atoms with E-state index in [1.807, 2.05) is 26.0 Å². The maximum absolute atomic E-state index is 12.0. The highest BCUT2D eigenvalue weighted by molar-refractivity contribution is 7.89. The van der Waals surface area contributed by atoms with Crippen molar-refractivity contribution in [2.45, 2.75) is 19.6 Å². The van der Waals surface area contributed by atoms with Gasteiger partial charge in [-0.05, 0) is 48.7 Å². The van der Waals surface area contributed by atoms with E-state index >= 15 is 0 Å². The van der Waals surface area contributed by atoms with E-state index in [0.717, 1.165) is 17.4 Å². The largest absolute Gasteiger partial charge is 0.452 e. The van der Waals surface area contributed by atoms with E-state index < -0.39 is 28.3 Å². The van der Waals surface area contributed by atoms with Gasteiger partial charge in [0.1, 0.15) is 0 Å². The second-order valence-electron chi connectivity index (χ2n) is 6.14. The fourth-order valence-electron chi connectivity index (χ4n) is 2.33. The first-order valence-corrected chi connectivity index (χ1v) is 10.0. The van der Waals surface area contributed by atoms with Crippen molar-refractivity contribution in [2.24, 2.45) is 0 Å². The molecule has 0 unspecified atom stereocenters. The van der Waals surface area contributed by atoms with E-state index in [4.69, 9.17) is 4.74 Å².